The molecule has 0 rings (SSSR count). The summed E-state index contributed by atoms with van der Waals surface area (Å²) >= 11 is 0. The predicted molar refractivity (Wildman–Crippen MR) is 46.2 cm³/mol. The van der Waals surface area contributed by atoms with Gasteiger partial charge in [-0.2, -0.15) is 0 Å². The number of hydrogen-bond donors (Lipinski definition) is 1. The summed E-state index contributed by atoms with van der Waals surface area (Å²) in [6.45, 7) is 2.10. The van der Waals surface area contributed by atoms with Gasteiger partial charge in [0.05, 0.1) is 6.04 Å². The minimum atomic E-state index is -0.219. The normalized spacial score (nSPS) is 13.5. The predicted octanol–water partition coefficient (Wildman–Crippen LogP) is 0.592. The molecule has 11 heavy (non-hydrogen) atoms. The van der Waals surface area contributed by atoms with Crippen LogP contribution in [0.15, 0.2) is 0 Å². The van der Waals surface area contributed by atoms with Gasteiger partial charge in [-0.05, 0) is 20.5 Å². The summed E-state index contributed by atoms with van der Waals surface area (Å²) in [6.07, 6.45) is 3.04. The average Bonchev–Trinajstić information content (AvgIpc) is 1.87. The summed E-state index contributed by atoms with van der Waals surface area (Å²) in [5.41, 5.74) is 5.20. The minimum absolute atomic E-state index is 0.0880. The van der Waals surface area contributed by atoms with Crippen LogP contribution in [0.1, 0.15) is 26.2 Å². The molecule has 0 aliphatic rings. The molecule has 66 valence electrons. The second kappa shape index (κ2) is 5.13. The number of rotatable bonds is 5. The van der Waals surface area contributed by atoms with Gasteiger partial charge < -0.3 is 5.73 Å². The monoisotopic (exact) mass is 158 g/mol. The van der Waals surface area contributed by atoms with E-state index in [0.29, 0.717) is 0 Å². The largest absolute Gasteiger partial charge is 0.368 e. The third kappa shape index (κ3) is 3.98. The summed E-state index contributed by atoms with van der Waals surface area (Å²) in [5, 5.41) is 0. The lowest BCUT2D eigenvalue weighted by Gasteiger charge is -2.20. The van der Waals surface area contributed by atoms with Gasteiger partial charge in [0.15, 0.2) is 0 Å². The first-order chi connectivity index (χ1) is 5.09. The Labute approximate surface area is 68.6 Å². The van der Waals surface area contributed by atoms with E-state index in [1.54, 1.807) is 0 Å². The van der Waals surface area contributed by atoms with E-state index in [2.05, 4.69) is 6.92 Å². The number of nitrogens with two attached hydrogens (primary N) is 1. The van der Waals surface area contributed by atoms with Crippen molar-refractivity contribution in [2.45, 2.75) is 32.2 Å². The topological polar surface area (TPSA) is 46.3 Å². The van der Waals surface area contributed by atoms with Crippen molar-refractivity contribution in [2.24, 2.45) is 5.73 Å². The van der Waals surface area contributed by atoms with Gasteiger partial charge >= 0.3 is 0 Å². The average molecular weight is 158 g/mol. The van der Waals surface area contributed by atoms with Gasteiger partial charge in [-0.1, -0.05) is 19.8 Å². The zero-order valence-corrected chi connectivity index (χ0v) is 7.63. The van der Waals surface area contributed by atoms with Gasteiger partial charge in [0, 0.05) is 0 Å². The Morgan fingerprint density at radius 2 is 2.09 bits per heavy atom. The molecule has 0 radical (unpaired) electrons. The molecule has 0 aliphatic heterocycles. The van der Waals surface area contributed by atoms with Crippen LogP contribution in [-0.2, 0) is 4.79 Å². The number of primary amides is 1. The van der Waals surface area contributed by atoms with Gasteiger partial charge in [-0.25, -0.2) is 0 Å². The van der Waals surface area contributed by atoms with E-state index in [-0.39, 0.29) is 11.9 Å². The Bertz CT molecular complexity index is 123. The van der Waals surface area contributed by atoms with Crippen molar-refractivity contribution in [2.75, 3.05) is 14.1 Å². The molecule has 0 saturated carbocycles. The highest BCUT2D eigenvalue weighted by Crippen LogP contribution is 2.04. The smallest absolute Gasteiger partial charge is 0.234 e. The van der Waals surface area contributed by atoms with E-state index in [1.807, 2.05) is 19.0 Å². The fraction of sp³-hybridized carbons (Fsp3) is 0.875. The summed E-state index contributed by atoms with van der Waals surface area (Å²) in [6, 6.07) is -0.0880. The first-order valence-electron chi connectivity index (χ1n) is 4.05. The second-order valence-electron chi connectivity index (χ2n) is 3.02. The molecule has 1 unspecified atom stereocenters. The Hall–Kier alpha value is -0.570. The van der Waals surface area contributed by atoms with Crippen LogP contribution in [0.2, 0.25) is 0 Å². The lowest BCUT2D eigenvalue weighted by Crippen LogP contribution is -2.40. The molecule has 0 heterocycles. The SMILES string of the molecule is CCCCC(C(N)=O)N(C)C. The standard InChI is InChI=1S/C8H18N2O/c1-4-5-6-7(8(9)11)10(2)3/h7H,4-6H2,1-3H3,(H2,9,11). The van der Waals surface area contributed by atoms with Crippen molar-refractivity contribution >= 4 is 5.91 Å². The van der Waals surface area contributed by atoms with Crippen LogP contribution in [0, 0.1) is 0 Å². The van der Waals surface area contributed by atoms with Crippen molar-refractivity contribution in [1.29, 1.82) is 0 Å². The molecule has 0 aromatic rings. The van der Waals surface area contributed by atoms with Gasteiger partial charge in [0.25, 0.3) is 0 Å². The lowest BCUT2D eigenvalue weighted by molar-refractivity contribution is -0.122. The van der Waals surface area contributed by atoms with Crippen LogP contribution in [0.5, 0.6) is 0 Å². The number of hydrogen-bond acceptors (Lipinski definition) is 2. The van der Waals surface area contributed by atoms with Crippen LogP contribution >= 0.6 is 0 Å². The highest BCUT2D eigenvalue weighted by Gasteiger charge is 2.15. The maximum absolute atomic E-state index is 10.8. The van der Waals surface area contributed by atoms with E-state index < -0.39 is 0 Å². The van der Waals surface area contributed by atoms with E-state index in [1.165, 1.54) is 0 Å². The molecule has 0 fully saturated rings. The van der Waals surface area contributed by atoms with E-state index >= 15 is 0 Å². The second-order valence-corrected chi connectivity index (χ2v) is 3.02. The Morgan fingerprint density at radius 1 is 1.55 bits per heavy atom. The van der Waals surface area contributed by atoms with E-state index in [0.717, 1.165) is 19.3 Å². The van der Waals surface area contributed by atoms with Crippen molar-refractivity contribution in [3.8, 4) is 0 Å². The highest BCUT2D eigenvalue weighted by atomic mass is 16.1. The zero-order chi connectivity index (χ0) is 8.85. The molecule has 0 aromatic carbocycles. The summed E-state index contributed by atoms with van der Waals surface area (Å²) < 4.78 is 0. The Balaban J connectivity index is 3.80. The number of carbonyl (C=O) groups excluding carboxylic acids is 1. The van der Waals surface area contributed by atoms with Crippen LogP contribution in [0.3, 0.4) is 0 Å². The molecular formula is C8H18N2O. The first kappa shape index (κ1) is 10.4. The molecule has 0 aromatic heterocycles. The molecule has 3 heteroatoms. The van der Waals surface area contributed by atoms with Crippen LogP contribution < -0.4 is 5.73 Å². The van der Waals surface area contributed by atoms with E-state index in [9.17, 15) is 4.79 Å². The van der Waals surface area contributed by atoms with Crippen molar-refractivity contribution in [1.82, 2.24) is 4.90 Å². The zero-order valence-electron chi connectivity index (χ0n) is 7.63. The number of nitrogens with zero attached hydrogens (tertiary/aromatic N) is 1. The maximum Gasteiger partial charge on any atom is 0.234 e. The van der Waals surface area contributed by atoms with Crippen LogP contribution in [-0.4, -0.2) is 30.9 Å². The molecule has 1 amide bonds. The molecule has 0 aliphatic carbocycles. The van der Waals surface area contributed by atoms with Gasteiger partial charge in [0.1, 0.15) is 0 Å². The molecular weight excluding hydrogens is 140 g/mol. The third-order valence-corrected chi connectivity index (χ3v) is 1.78. The van der Waals surface area contributed by atoms with Crippen LogP contribution in [0.4, 0.5) is 0 Å². The summed E-state index contributed by atoms with van der Waals surface area (Å²) in [7, 11) is 3.76. The van der Waals surface area contributed by atoms with Crippen LogP contribution in [0.25, 0.3) is 0 Å². The first-order valence-corrected chi connectivity index (χ1v) is 4.05. The number of amides is 1. The van der Waals surface area contributed by atoms with Crippen molar-refractivity contribution < 1.29 is 4.79 Å². The van der Waals surface area contributed by atoms with E-state index in [4.69, 9.17) is 5.73 Å². The molecule has 1 atom stereocenters. The Kier molecular flexibility index (Phi) is 4.86. The number of carbonyl (C=O) groups is 1. The molecule has 0 spiro atoms. The number of likely N-dealkylation sites (N-methyl/N-ethyl adjacent to an activating group) is 1. The van der Waals surface area contributed by atoms with Gasteiger partial charge in [0.2, 0.25) is 5.91 Å². The molecule has 3 nitrogen and oxygen atoms in total. The highest BCUT2D eigenvalue weighted by molar-refractivity contribution is 5.79. The third-order valence-electron chi connectivity index (χ3n) is 1.78. The number of unbranched alkanes of at least 4 members (excludes halogenated alkanes) is 1. The molecule has 2 N–H and O–H groups in total. The summed E-state index contributed by atoms with van der Waals surface area (Å²) in [5.74, 6) is -0.219. The van der Waals surface area contributed by atoms with Gasteiger partial charge in [-0.15, -0.1) is 0 Å². The fourth-order valence-electron chi connectivity index (χ4n) is 1.05. The van der Waals surface area contributed by atoms with Crippen molar-refractivity contribution in [3.63, 3.8) is 0 Å². The fourth-order valence-corrected chi connectivity index (χ4v) is 1.05. The molecule has 0 saturated heterocycles. The maximum atomic E-state index is 10.8. The minimum Gasteiger partial charge on any atom is -0.368 e. The summed E-state index contributed by atoms with van der Waals surface area (Å²) in [4.78, 5) is 12.7. The van der Waals surface area contributed by atoms with Crippen molar-refractivity contribution in [3.05, 3.63) is 0 Å². The quantitative estimate of drug-likeness (QED) is 0.636. The van der Waals surface area contributed by atoms with Gasteiger partial charge in [-0.3, -0.25) is 9.69 Å². The lowest BCUT2D eigenvalue weighted by atomic mass is 10.1. The Morgan fingerprint density at radius 3 is 2.36 bits per heavy atom. The molecule has 0 bridgehead atoms.